The van der Waals surface area contributed by atoms with Crippen LogP contribution in [0.5, 0.6) is 0 Å². The zero-order valence-electron chi connectivity index (χ0n) is 13.7. The first-order chi connectivity index (χ1) is 12.4. The first-order valence-electron chi connectivity index (χ1n) is 7.91. The molecule has 26 heavy (non-hydrogen) atoms. The maximum atomic E-state index is 14.3. The second-order valence-corrected chi connectivity index (χ2v) is 6.03. The van der Waals surface area contributed by atoms with Gasteiger partial charge >= 0.3 is 6.18 Å². The number of halogens is 4. The van der Waals surface area contributed by atoms with Gasteiger partial charge in [-0.3, -0.25) is 9.56 Å². The van der Waals surface area contributed by atoms with Gasteiger partial charge in [-0.25, -0.2) is 9.37 Å². The third-order valence-electron chi connectivity index (χ3n) is 4.34. The molecule has 3 nitrogen and oxygen atoms in total. The normalized spacial score (nSPS) is 13.7. The first-order valence-corrected chi connectivity index (χ1v) is 7.91. The molecule has 0 N–H and O–H groups in total. The lowest BCUT2D eigenvalue weighted by Crippen LogP contribution is -2.13. The average Bonchev–Trinajstić information content (AvgIpc) is 2.87. The third-order valence-corrected chi connectivity index (χ3v) is 4.34. The fourth-order valence-electron chi connectivity index (χ4n) is 3.14. The van der Waals surface area contributed by atoms with Crippen molar-refractivity contribution in [3.8, 4) is 5.69 Å². The molecule has 1 aliphatic heterocycles. The van der Waals surface area contributed by atoms with Gasteiger partial charge in [0.1, 0.15) is 11.6 Å². The summed E-state index contributed by atoms with van der Waals surface area (Å²) in [7, 11) is 0. The standard InChI is InChI=1S/C19H13F4N3/c1-11-9-24-17-10-25-18(13-4-2-3-5-15(13)20)14-8-12(19(21,22)23)6-7-16(14)26(11)17/h2-9H,10H2,1H3. The van der Waals surface area contributed by atoms with Crippen LogP contribution in [0.25, 0.3) is 5.69 Å². The Bertz CT molecular complexity index is 1030. The zero-order chi connectivity index (χ0) is 18.5. The van der Waals surface area contributed by atoms with E-state index in [0.29, 0.717) is 11.5 Å². The quantitative estimate of drug-likeness (QED) is 0.580. The number of fused-ring (bicyclic) bond motifs is 3. The van der Waals surface area contributed by atoms with E-state index in [1.54, 1.807) is 16.8 Å². The molecule has 0 unspecified atom stereocenters. The van der Waals surface area contributed by atoms with E-state index in [1.807, 2.05) is 6.92 Å². The molecule has 0 saturated carbocycles. The van der Waals surface area contributed by atoms with E-state index in [2.05, 4.69) is 9.98 Å². The number of hydrogen-bond acceptors (Lipinski definition) is 2. The monoisotopic (exact) mass is 359 g/mol. The van der Waals surface area contributed by atoms with Crippen LogP contribution < -0.4 is 0 Å². The molecular formula is C19H13F4N3. The number of rotatable bonds is 1. The van der Waals surface area contributed by atoms with Crippen LogP contribution in [0.4, 0.5) is 17.6 Å². The van der Waals surface area contributed by atoms with E-state index in [-0.39, 0.29) is 23.4 Å². The predicted octanol–water partition coefficient (Wildman–Crippen LogP) is 4.69. The molecule has 1 aliphatic rings. The molecule has 2 heterocycles. The van der Waals surface area contributed by atoms with Crippen molar-refractivity contribution in [2.45, 2.75) is 19.6 Å². The smallest absolute Gasteiger partial charge is 0.299 e. The number of benzene rings is 2. The van der Waals surface area contributed by atoms with Crippen LogP contribution >= 0.6 is 0 Å². The summed E-state index contributed by atoms with van der Waals surface area (Å²) in [6.45, 7) is 1.96. The molecule has 0 fully saturated rings. The summed E-state index contributed by atoms with van der Waals surface area (Å²) < 4.78 is 55.9. The van der Waals surface area contributed by atoms with E-state index in [1.165, 1.54) is 24.3 Å². The zero-order valence-corrected chi connectivity index (χ0v) is 13.7. The molecule has 0 saturated heterocycles. The Hall–Kier alpha value is -2.96. The highest BCUT2D eigenvalue weighted by molar-refractivity contribution is 6.15. The Balaban J connectivity index is 2.03. The van der Waals surface area contributed by atoms with Crippen molar-refractivity contribution in [1.29, 1.82) is 0 Å². The first kappa shape index (κ1) is 16.5. The number of aryl methyl sites for hydroxylation is 1. The van der Waals surface area contributed by atoms with Crippen molar-refractivity contribution in [2.75, 3.05) is 0 Å². The Morgan fingerprint density at radius 2 is 1.81 bits per heavy atom. The molecule has 3 aromatic rings. The Kier molecular flexibility index (Phi) is 3.68. The predicted molar refractivity (Wildman–Crippen MR) is 89.0 cm³/mol. The molecule has 0 amide bonds. The van der Waals surface area contributed by atoms with Gasteiger partial charge in [0.25, 0.3) is 0 Å². The molecule has 0 atom stereocenters. The van der Waals surface area contributed by atoms with Gasteiger partial charge in [0.05, 0.1) is 23.5 Å². The van der Waals surface area contributed by atoms with Crippen LogP contribution in [0, 0.1) is 12.7 Å². The van der Waals surface area contributed by atoms with Gasteiger partial charge in [-0.1, -0.05) is 12.1 Å². The number of nitrogens with zero attached hydrogens (tertiary/aromatic N) is 3. The highest BCUT2D eigenvalue weighted by atomic mass is 19.4. The van der Waals surface area contributed by atoms with Crippen molar-refractivity contribution >= 4 is 5.71 Å². The fraction of sp³-hybridized carbons (Fsp3) is 0.158. The molecule has 1 aromatic heterocycles. The Morgan fingerprint density at radius 1 is 1.04 bits per heavy atom. The van der Waals surface area contributed by atoms with Gasteiger partial charge in [0.2, 0.25) is 0 Å². The second-order valence-electron chi connectivity index (χ2n) is 6.03. The SMILES string of the molecule is Cc1cnc2n1-c1ccc(C(F)(F)F)cc1C(c1ccccc1F)=NC2. The highest BCUT2D eigenvalue weighted by Crippen LogP contribution is 2.34. The number of hydrogen-bond donors (Lipinski definition) is 0. The lowest BCUT2D eigenvalue weighted by Gasteiger charge is -2.16. The van der Waals surface area contributed by atoms with Gasteiger partial charge in [0, 0.05) is 23.0 Å². The maximum Gasteiger partial charge on any atom is 0.416 e. The van der Waals surface area contributed by atoms with Gasteiger partial charge < -0.3 is 0 Å². The van der Waals surface area contributed by atoms with E-state index < -0.39 is 17.6 Å². The molecular weight excluding hydrogens is 346 g/mol. The summed E-state index contributed by atoms with van der Waals surface area (Å²) >= 11 is 0. The number of alkyl halides is 3. The molecule has 7 heteroatoms. The molecule has 4 rings (SSSR count). The minimum absolute atomic E-state index is 0.146. The second kappa shape index (κ2) is 5.79. The van der Waals surface area contributed by atoms with Gasteiger partial charge in [-0.05, 0) is 37.3 Å². The molecule has 0 aliphatic carbocycles. The minimum Gasteiger partial charge on any atom is -0.299 e. The molecule has 0 spiro atoms. The van der Waals surface area contributed by atoms with Crippen molar-refractivity contribution < 1.29 is 17.6 Å². The topological polar surface area (TPSA) is 30.2 Å². The van der Waals surface area contributed by atoms with Crippen LogP contribution in [0.2, 0.25) is 0 Å². The summed E-state index contributed by atoms with van der Waals surface area (Å²) in [6.07, 6.45) is -2.87. The van der Waals surface area contributed by atoms with Crippen LogP contribution in [0.1, 0.15) is 28.2 Å². The summed E-state index contributed by atoms with van der Waals surface area (Å²) in [5, 5.41) is 0. The van der Waals surface area contributed by atoms with Crippen LogP contribution in [-0.2, 0) is 12.7 Å². The Labute approximate surface area is 146 Å². The van der Waals surface area contributed by atoms with Crippen LogP contribution in [0.15, 0.2) is 53.7 Å². The number of imidazole rings is 1. The summed E-state index contributed by atoms with van der Waals surface area (Å²) in [5.74, 6) is 0.0562. The van der Waals surface area contributed by atoms with E-state index in [9.17, 15) is 17.6 Å². The molecule has 0 bridgehead atoms. The van der Waals surface area contributed by atoms with Crippen LogP contribution in [0.3, 0.4) is 0 Å². The van der Waals surface area contributed by atoms with E-state index in [4.69, 9.17) is 0 Å². The van der Waals surface area contributed by atoms with Gasteiger partial charge in [-0.2, -0.15) is 13.2 Å². The van der Waals surface area contributed by atoms with E-state index in [0.717, 1.165) is 17.8 Å². The van der Waals surface area contributed by atoms with Crippen molar-refractivity contribution in [2.24, 2.45) is 4.99 Å². The summed E-state index contributed by atoms with van der Waals surface area (Å²) in [6, 6.07) is 9.36. The lowest BCUT2D eigenvalue weighted by atomic mass is 9.97. The summed E-state index contributed by atoms with van der Waals surface area (Å²) in [4.78, 5) is 8.68. The van der Waals surface area contributed by atoms with Crippen molar-refractivity contribution in [3.05, 3.63) is 82.7 Å². The third kappa shape index (κ3) is 2.60. The van der Waals surface area contributed by atoms with Crippen LogP contribution in [-0.4, -0.2) is 15.3 Å². The number of aromatic nitrogens is 2. The molecule has 0 radical (unpaired) electrons. The van der Waals surface area contributed by atoms with Crippen molar-refractivity contribution in [3.63, 3.8) is 0 Å². The highest BCUT2D eigenvalue weighted by Gasteiger charge is 2.33. The largest absolute Gasteiger partial charge is 0.416 e. The lowest BCUT2D eigenvalue weighted by molar-refractivity contribution is -0.137. The van der Waals surface area contributed by atoms with E-state index >= 15 is 0 Å². The average molecular weight is 359 g/mol. The molecule has 2 aromatic carbocycles. The van der Waals surface area contributed by atoms with Gasteiger partial charge in [-0.15, -0.1) is 0 Å². The Morgan fingerprint density at radius 3 is 2.54 bits per heavy atom. The van der Waals surface area contributed by atoms with Crippen molar-refractivity contribution in [1.82, 2.24) is 9.55 Å². The summed E-state index contributed by atoms with van der Waals surface area (Å²) in [5.41, 5.74) is 1.05. The minimum atomic E-state index is -4.51. The molecule has 132 valence electrons. The fourth-order valence-corrected chi connectivity index (χ4v) is 3.14. The maximum absolute atomic E-state index is 14.3. The van der Waals surface area contributed by atoms with Gasteiger partial charge in [0.15, 0.2) is 0 Å². The number of aliphatic imine (C=N–C) groups is 1.